The van der Waals surface area contributed by atoms with Gasteiger partial charge in [0.15, 0.2) is 0 Å². The summed E-state index contributed by atoms with van der Waals surface area (Å²) in [5, 5.41) is 2.36. The zero-order valence-corrected chi connectivity index (χ0v) is 12.6. The minimum absolute atomic E-state index is 0.170. The average Bonchev–Trinajstić information content (AvgIpc) is 2.52. The number of carbonyl (C=O) groups is 3. The number of benzene rings is 1. The van der Waals surface area contributed by atoms with E-state index >= 15 is 0 Å². The molecule has 0 saturated heterocycles. The summed E-state index contributed by atoms with van der Waals surface area (Å²) in [4.78, 5) is 35.2. The monoisotopic (exact) mass is 308 g/mol. The number of hydrogen-bond acceptors (Lipinski definition) is 6. The maximum absolute atomic E-state index is 11.8. The smallest absolute Gasteiger partial charge is 0.419 e. The number of amides is 1. The van der Waals surface area contributed by atoms with E-state index in [4.69, 9.17) is 10.5 Å². The van der Waals surface area contributed by atoms with Gasteiger partial charge in [0.05, 0.1) is 24.3 Å². The van der Waals surface area contributed by atoms with Gasteiger partial charge in [-0.3, -0.25) is 10.1 Å². The van der Waals surface area contributed by atoms with Crippen LogP contribution in [0.15, 0.2) is 24.3 Å². The molecule has 0 bridgehead atoms. The van der Waals surface area contributed by atoms with Crippen LogP contribution in [0.2, 0.25) is 0 Å². The van der Waals surface area contributed by atoms with E-state index in [-0.39, 0.29) is 11.3 Å². The molecule has 7 nitrogen and oxygen atoms in total. The fourth-order valence-corrected chi connectivity index (χ4v) is 1.88. The number of rotatable bonds is 6. The molecule has 22 heavy (non-hydrogen) atoms. The van der Waals surface area contributed by atoms with Gasteiger partial charge in [-0.2, -0.15) is 0 Å². The molecule has 0 aromatic heterocycles. The number of hydrogen-bond donors (Lipinski definition) is 2. The van der Waals surface area contributed by atoms with Crippen molar-refractivity contribution in [2.75, 3.05) is 19.0 Å². The quantitative estimate of drug-likeness (QED) is 0.614. The van der Waals surface area contributed by atoms with Crippen LogP contribution in [-0.2, 0) is 14.3 Å². The normalized spacial score (nSPS) is 11.4. The van der Waals surface area contributed by atoms with Gasteiger partial charge in [0.25, 0.3) is 0 Å². The standard InChI is InChI=1S/C15H20N2O5/c1-3-10(8-9-16)13(18)22-15(20)17-12-7-5-4-6-11(12)14(19)21-2/h4-7,10H,3,8-9,16H2,1-2H3,(H,17,20). The predicted molar refractivity (Wildman–Crippen MR) is 80.3 cm³/mol. The fourth-order valence-electron chi connectivity index (χ4n) is 1.88. The highest BCUT2D eigenvalue weighted by Crippen LogP contribution is 2.17. The van der Waals surface area contributed by atoms with Crippen LogP contribution >= 0.6 is 0 Å². The third kappa shape index (κ3) is 4.85. The third-order valence-electron chi connectivity index (χ3n) is 3.10. The molecule has 0 saturated carbocycles. The fraction of sp³-hybridized carbons (Fsp3) is 0.400. The Morgan fingerprint density at radius 3 is 2.55 bits per heavy atom. The topological polar surface area (TPSA) is 108 Å². The molecular weight excluding hydrogens is 288 g/mol. The van der Waals surface area contributed by atoms with Crippen LogP contribution in [0.5, 0.6) is 0 Å². The van der Waals surface area contributed by atoms with Crippen LogP contribution in [0.4, 0.5) is 10.5 Å². The molecule has 120 valence electrons. The van der Waals surface area contributed by atoms with Gasteiger partial charge in [-0.1, -0.05) is 19.1 Å². The van der Waals surface area contributed by atoms with Crippen molar-refractivity contribution in [2.45, 2.75) is 19.8 Å². The van der Waals surface area contributed by atoms with Crippen molar-refractivity contribution in [3.05, 3.63) is 29.8 Å². The van der Waals surface area contributed by atoms with Crippen LogP contribution in [0.25, 0.3) is 0 Å². The van der Waals surface area contributed by atoms with E-state index in [1.165, 1.54) is 19.2 Å². The third-order valence-corrected chi connectivity index (χ3v) is 3.10. The molecule has 0 radical (unpaired) electrons. The summed E-state index contributed by atoms with van der Waals surface area (Å²) in [6.45, 7) is 2.15. The summed E-state index contributed by atoms with van der Waals surface area (Å²) >= 11 is 0. The van der Waals surface area contributed by atoms with Gasteiger partial charge in [0.2, 0.25) is 0 Å². The van der Waals surface area contributed by atoms with E-state index in [0.717, 1.165) is 0 Å². The molecular formula is C15H20N2O5. The largest absolute Gasteiger partial charge is 0.465 e. The molecule has 1 amide bonds. The van der Waals surface area contributed by atoms with Crippen molar-refractivity contribution in [1.82, 2.24) is 0 Å². The summed E-state index contributed by atoms with van der Waals surface area (Å²) in [5.74, 6) is -1.66. The highest BCUT2D eigenvalue weighted by Gasteiger charge is 2.21. The Bertz CT molecular complexity index is 544. The lowest BCUT2D eigenvalue weighted by Crippen LogP contribution is -2.26. The first kappa shape index (κ1) is 17.6. The molecule has 0 aliphatic carbocycles. The van der Waals surface area contributed by atoms with Crippen LogP contribution in [0.1, 0.15) is 30.1 Å². The summed E-state index contributed by atoms with van der Waals surface area (Å²) in [6, 6.07) is 6.26. The Labute approximate surface area is 128 Å². The number of nitrogens with two attached hydrogens (primary N) is 1. The highest BCUT2D eigenvalue weighted by atomic mass is 16.6. The first-order valence-corrected chi connectivity index (χ1v) is 6.93. The van der Waals surface area contributed by atoms with E-state index in [9.17, 15) is 14.4 Å². The van der Waals surface area contributed by atoms with Gasteiger partial charge in [-0.25, -0.2) is 9.59 Å². The lowest BCUT2D eigenvalue weighted by Gasteiger charge is -2.13. The number of carbonyl (C=O) groups excluding carboxylic acids is 3. The minimum atomic E-state index is -0.947. The van der Waals surface area contributed by atoms with Gasteiger partial charge < -0.3 is 15.2 Å². The second-order valence-corrected chi connectivity index (χ2v) is 4.55. The predicted octanol–water partition coefficient (Wildman–Crippen LogP) is 1.92. The summed E-state index contributed by atoms with van der Waals surface area (Å²) in [7, 11) is 1.24. The molecule has 0 aliphatic rings. The lowest BCUT2D eigenvalue weighted by atomic mass is 10.0. The van der Waals surface area contributed by atoms with Crippen LogP contribution in [0, 0.1) is 5.92 Å². The van der Waals surface area contributed by atoms with Crippen LogP contribution < -0.4 is 11.1 Å². The Morgan fingerprint density at radius 2 is 1.95 bits per heavy atom. The van der Waals surface area contributed by atoms with Gasteiger partial charge in [0.1, 0.15) is 0 Å². The molecule has 7 heteroatoms. The summed E-state index contributed by atoms with van der Waals surface area (Å²) in [5.41, 5.74) is 5.78. The summed E-state index contributed by atoms with van der Waals surface area (Å²) in [6.07, 6.45) is 0.0282. The number of ether oxygens (including phenoxy) is 2. The second kappa shape index (κ2) is 8.78. The van der Waals surface area contributed by atoms with E-state index in [2.05, 4.69) is 10.1 Å². The number of anilines is 1. The van der Waals surface area contributed by atoms with Crippen LogP contribution in [0.3, 0.4) is 0 Å². The van der Waals surface area contributed by atoms with Crippen molar-refractivity contribution in [3.8, 4) is 0 Å². The lowest BCUT2D eigenvalue weighted by molar-refractivity contribution is -0.141. The average molecular weight is 308 g/mol. The van der Waals surface area contributed by atoms with Crippen molar-refractivity contribution in [1.29, 1.82) is 0 Å². The van der Waals surface area contributed by atoms with Crippen molar-refractivity contribution < 1.29 is 23.9 Å². The van der Waals surface area contributed by atoms with Gasteiger partial charge in [-0.15, -0.1) is 0 Å². The van der Waals surface area contributed by atoms with Crippen molar-refractivity contribution >= 4 is 23.7 Å². The maximum atomic E-state index is 11.8. The van der Waals surface area contributed by atoms with Crippen LogP contribution in [-0.4, -0.2) is 31.7 Å². The van der Waals surface area contributed by atoms with Gasteiger partial charge >= 0.3 is 18.0 Å². The zero-order valence-electron chi connectivity index (χ0n) is 12.6. The first-order valence-electron chi connectivity index (χ1n) is 6.93. The molecule has 3 N–H and O–H groups in total. The van der Waals surface area contributed by atoms with Crippen molar-refractivity contribution in [3.63, 3.8) is 0 Å². The number of nitrogens with one attached hydrogen (secondary N) is 1. The number of methoxy groups -OCH3 is 1. The molecule has 1 unspecified atom stereocenters. The second-order valence-electron chi connectivity index (χ2n) is 4.55. The highest BCUT2D eigenvalue weighted by molar-refractivity contribution is 6.01. The molecule has 1 rings (SSSR count). The molecule has 1 aromatic rings. The molecule has 0 heterocycles. The van der Waals surface area contributed by atoms with Gasteiger partial charge in [-0.05, 0) is 31.5 Å². The Hall–Kier alpha value is -2.41. The van der Waals surface area contributed by atoms with E-state index in [1.807, 2.05) is 6.92 Å². The number of esters is 2. The SMILES string of the molecule is CCC(CCN)C(=O)OC(=O)Nc1ccccc1C(=O)OC. The molecule has 0 spiro atoms. The van der Waals surface area contributed by atoms with E-state index in [0.29, 0.717) is 19.4 Å². The van der Waals surface area contributed by atoms with Gasteiger partial charge in [0, 0.05) is 0 Å². The molecule has 0 fully saturated rings. The first-order chi connectivity index (χ1) is 10.5. The zero-order chi connectivity index (χ0) is 16.5. The van der Waals surface area contributed by atoms with E-state index in [1.54, 1.807) is 12.1 Å². The van der Waals surface area contributed by atoms with Crippen molar-refractivity contribution in [2.24, 2.45) is 11.7 Å². The molecule has 1 atom stereocenters. The summed E-state index contributed by atoms with van der Waals surface area (Å²) < 4.78 is 9.35. The Kier molecular flexibility index (Phi) is 7.04. The molecule has 0 aliphatic heterocycles. The Morgan fingerprint density at radius 1 is 1.27 bits per heavy atom. The van der Waals surface area contributed by atoms with E-state index < -0.39 is 23.9 Å². The number of para-hydroxylation sites is 1. The molecule has 1 aromatic carbocycles. The maximum Gasteiger partial charge on any atom is 0.419 e. The Balaban J connectivity index is 2.73. The minimum Gasteiger partial charge on any atom is -0.465 e.